The highest BCUT2D eigenvalue weighted by Crippen LogP contribution is 2.32. The molecular formula is C14H24N2O3. The zero-order chi connectivity index (χ0) is 13.9. The van der Waals surface area contributed by atoms with E-state index in [0.29, 0.717) is 32.6 Å². The van der Waals surface area contributed by atoms with Gasteiger partial charge in [-0.05, 0) is 12.8 Å². The molecule has 108 valence electrons. The molecule has 1 saturated carbocycles. The van der Waals surface area contributed by atoms with Gasteiger partial charge in [-0.1, -0.05) is 19.8 Å². The largest absolute Gasteiger partial charge is 0.389 e. The summed E-state index contributed by atoms with van der Waals surface area (Å²) < 4.78 is 0. The van der Waals surface area contributed by atoms with Gasteiger partial charge in [-0.15, -0.1) is 0 Å². The van der Waals surface area contributed by atoms with E-state index in [2.05, 4.69) is 0 Å². The normalized spacial score (nSPS) is 22.6. The molecule has 0 aromatic rings. The molecule has 0 bridgehead atoms. The number of aliphatic hydroxyl groups is 1. The summed E-state index contributed by atoms with van der Waals surface area (Å²) in [5.74, 6) is 0.189. The van der Waals surface area contributed by atoms with E-state index in [1.165, 1.54) is 0 Å². The summed E-state index contributed by atoms with van der Waals surface area (Å²) in [6.45, 7) is 4.30. The van der Waals surface area contributed by atoms with Crippen LogP contribution in [0.4, 0.5) is 0 Å². The van der Waals surface area contributed by atoms with Crippen LogP contribution in [0, 0.1) is 0 Å². The number of hydrogen-bond acceptors (Lipinski definition) is 3. The molecule has 2 aliphatic rings. The van der Waals surface area contributed by atoms with Gasteiger partial charge in [-0.2, -0.15) is 0 Å². The Kier molecular flexibility index (Phi) is 4.45. The predicted molar refractivity (Wildman–Crippen MR) is 71.5 cm³/mol. The Bertz CT molecular complexity index is 343. The molecule has 1 aliphatic heterocycles. The Hall–Kier alpha value is -1.10. The molecule has 1 saturated heterocycles. The van der Waals surface area contributed by atoms with Crippen molar-refractivity contribution in [1.29, 1.82) is 0 Å². The average molecular weight is 268 g/mol. The van der Waals surface area contributed by atoms with Crippen molar-refractivity contribution >= 4 is 11.8 Å². The van der Waals surface area contributed by atoms with Gasteiger partial charge in [0.2, 0.25) is 11.8 Å². The van der Waals surface area contributed by atoms with E-state index in [1.807, 2.05) is 11.8 Å². The molecule has 0 aromatic heterocycles. The molecule has 1 aliphatic carbocycles. The van der Waals surface area contributed by atoms with Gasteiger partial charge < -0.3 is 14.9 Å². The third kappa shape index (κ3) is 3.47. The molecule has 2 rings (SSSR count). The Morgan fingerprint density at radius 2 is 1.47 bits per heavy atom. The average Bonchev–Trinajstić information content (AvgIpc) is 2.84. The SMILES string of the molecule is CCC(=O)N1CCN(C(=O)CC2(O)CCCC2)CC1. The van der Waals surface area contributed by atoms with Crippen LogP contribution in [-0.4, -0.2) is 58.5 Å². The molecule has 0 atom stereocenters. The zero-order valence-corrected chi connectivity index (χ0v) is 11.7. The molecule has 2 amide bonds. The molecular weight excluding hydrogens is 244 g/mol. The van der Waals surface area contributed by atoms with Crippen LogP contribution in [0.25, 0.3) is 0 Å². The molecule has 19 heavy (non-hydrogen) atoms. The summed E-state index contributed by atoms with van der Waals surface area (Å²) in [6, 6.07) is 0. The maximum absolute atomic E-state index is 12.2. The van der Waals surface area contributed by atoms with Crippen LogP contribution < -0.4 is 0 Å². The standard InChI is InChI=1S/C14H24N2O3/c1-2-12(17)15-7-9-16(10-8-15)13(18)11-14(19)5-3-4-6-14/h19H,2-11H2,1H3. The van der Waals surface area contributed by atoms with E-state index >= 15 is 0 Å². The molecule has 0 radical (unpaired) electrons. The number of piperazine rings is 1. The van der Waals surface area contributed by atoms with Crippen LogP contribution in [0.5, 0.6) is 0 Å². The van der Waals surface area contributed by atoms with Gasteiger partial charge >= 0.3 is 0 Å². The lowest BCUT2D eigenvalue weighted by Gasteiger charge is -2.36. The van der Waals surface area contributed by atoms with Crippen molar-refractivity contribution in [3.63, 3.8) is 0 Å². The summed E-state index contributed by atoms with van der Waals surface area (Å²) in [4.78, 5) is 27.3. The fourth-order valence-electron chi connectivity index (χ4n) is 3.03. The van der Waals surface area contributed by atoms with Gasteiger partial charge in [-0.25, -0.2) is 0 Å². The lowest BCUT2D eigenvalue weighted by atomic mass is 9.97. The van der Waals surface area contributed by atoms with Gasteiger partial charge in [0, 0.05) is 32.6 Å². The van der Waals surface area contributed by atoms with Crippen molar-refractivity contribution in [3.05, 3.63) is 0 Å². The van der Waals surface area contributed by atoms with E-state index in [1.54, 1.807) is 4.90 Å². The molecule has 1 heterocycles. The van der Waals surface area contributed by atoms with Gasteiger partial charge in [0.05, 0.1) is 12.0 Å². The minimum atomic E-state index is -0.770. The first-order valence-electron chi connectivity index (χ1n) is 7.32. The Morgan fingerprint density at radius 1 is 1.00 bits per heavy atom. The van der Waals surface area contributed by atoms with E-state index in [4.69, 9.17) is 0 Å². The molecule has 1 N–H and O–H groups in total. The lowest BCUT2D eigenvalue weighted by Crippen LogP contribution is -2.51. The van der Waals surface area contributed by atoms with Crippen LogP contribution in [0.3, 0.4) is 0 Å². The Balaban J connectivity index is 1.81. The molecule has 2 fully saturated rings. The summed E-state index contributed by atoms with van der Waals surface area (Å²) in [5.41, 5.74) is -0.770. The maximum atomic E-state index is 12.2. The van der Waals surface area contributed by atoms with E-state index in [0.717, 1.165) is 25.7 Å². The van der Waals surface area contributed by atoms with Crippen LogP contribution in [0.15, 0.2) is 0 Å². The second-order valence-corrected chi connectivity index (χ2v) is 5.72. The van der Waals surface area contributed by atoms with Gasteiger partial charge in [0.25, 0.3) is 0 Å². The summed E-state index contributed by atoms with van der Waals surface area (Å²) in [5, 5.41) is 10.3. The first-order chi connectivity index (χ1) is 9.04. The minimum Gasteiger partial charge on any atom is -0.389 e. The number of hydrogen-bond donors (Lipinski definition) is 1. The molecule has 5 nitrogen and oxygen atoms in total. The number of nitrogens with zero attached hydrogens (tertiary/aromatic N) is 2. The molecule has 0 unspecified atom stereocenters. The second kappa shape index (κ2) is 5.90. The first-order valence-corrected chi connectivity index (χ1v) is 7.32. The fourth-order valence-corrected chi connectivity index (χ4v) is 3.03. The van der Waals surface area contributed by atoms with Crippen LogP contribution in [0.1, 0.15) is 45.4 Å². The lowest BCUT2D eigenvalue weighted by molar-refractivity contribution is -0.142. The summed E-state index contributed by atoms with van der Waals surface area (Å²) in [6.07, 6.45) is 4.29. The molecule has 5 heteroatoms. The van der Waals surface area contributed by atoms with Crippen molar-refractivity contribution in [2.75, 3.05) is 26.2 Å². The highest BCUT2D eigenvalue weighted by Gasteiger charge is 2.35. The molecule has 0 aromatic carbocycles. The van der Waals surface area contributed by atoms with Gasteiger partial charge in [0.15, 0.2) is 0 Å². The zero-order valence-electron chi connectivity index (χ0n) is 11.7. The van der Waals surface area contributed by atoms with Gasteiger partial charge in [-0.3, -0.25) is 9.59 Å². The molecule has 0 spiro atoms. The van der Waals surface area contributed by atoms with Crippen LogP contribution in [0.2, 0.25) is 0 Å². The highest BCUT2D eigenvalue weighted by atomic mass is 16.3. The van der Waals surface area contributed by atoms with Gasteiger partial charge in [0.1, 0.15) is 0 Å². The van der Waals surface area contributed by atoms with E-state index in [-0.39, 0.29) is 18.2 Å². The first kappa shape index (κ1) is 14.3. The van der Waals surface area contributed by atoms with Crippen LogP contribution >= 0.6 is 0 Å². The summed E-state index contributed by atoms with van der Waals surface area (Å²) >= 11 is 0. The van der Waals surface area contributed by atoms with Crippen molar-refractivity contribution < 1.29 is 14.7 Å². The fraction of sp³-hybridized carbons (Fsp3) is 0.857. The number of amides is 2. The Labute approximate surface area is 114 Å². The summed E-state index contributed by atoms with van der Waals surface area (Å²) in [7, 11) is 0. The third-order valence-corrected chi connectivity index (χ3v) is 4.30. The maximum Gasteiger partial charge on any atom is 0.225 e. The minimum absolute atomic E-state index is 0.0352. The number of carbonyl (C=O) groups excluding carboxylic acids is 2. The highest BCUT2D eigenvalue weighted by molar-refractivity contribution is 5.79. The van der Waals surface area contributed by atoms with E-state index < -0.39 is 5.60 Å². The smallest absolute Gasteiger partial charge is 0.225 e. The number of rotatable bonds is 3. The van der Waals surface area contributed by atoms with Crippen molar-refractivity contribution in [2.45, 2.75) is 51.0 Å². The third-order valence-electron chi connectivity index (χ3n) is 4.30. The monoisotopic (exact) mass is 268 g/mol. The Morgan fingerprint density at radius 3 is 1.95 bits per heavy atom. The van der Waals surface area contributed by atoms with Crippen molar-refractivity contribution in [1.82, 2.24) is 9.80 Å². The van der Waals surface area contributed by atoms with Crippen molar-refractivity contribution in [2.24, 2.45) is 0 Å². The number of carbonyl (C=O) groups is 2. The predicted octanol–water partition coefficient (Wildman–Crippen LogP) is 0.762. The quantitative estimate of drug-likeness (QED) is 0.822. The van der Waals surface area contributed by atoms with Crippen LogP contribution in [-0.2, 0) is 9.59 Å². The van der Waals surface area contributed by atoms with E-state index in [9.17, 15) is 14.7 Å². The second-order valence-electron chi connectivity index (χ2n) is 5.72. The van der Waals surface area contributed by atoms with Crippen molar-refractivity contribution in [3.8, 4) is 0 Å². The topological polar surface area (TPSA) is 60.9 Å².